The number of carbonyl (C=O) groups is 1. The van der Waals surface area contributed by atoms with Crippen LogP contribution in [-0.4, -0.2) is 45.9 Å². The van der Waals surface area contributed by atoms with E-state index in [1.807, 2.05) is 25.2 Å². The molecule has 7 heteroatoms. The Kier molecular flexibility index (Phi) is 8.38. The molecule has 0 saturated heterocycles. The molecule has 2 N–H and O–H groups in total. The van der Waals surface area contributed by atoms with E-state index in [0.29, 0.717) is 12.1 Å². The van der Waals surface area contributed by atoms with Crippen molar-refractivity contribution in [3.63, 3.8) is 0 Å². The van der Waals surface area contributed by atoms with Crippen molar-refractivity contribution in [2.45, 2.75) is 17.9 Å². The van der Waals surface area contributed by atoms with Crippen LogP contribution in [0.3, 0.4) is 0 Å². The quantitative estimate of drug-likeness (QED) is 0.448. The summed E-state index contributed by atoms with van der Waals surface area (Å²) in [5.74, 6) is -0.286. The SMILES string of the molecule is C=CCNS(=O)(=O)c1cccc(C(=O)NCCCN(C)Cc2ccccc2)c1. The Morgan fingerprint density at radius 3 is 2.61 bits per heavy atom. The van der Waals surface area contributed by atoms with Gasteiger partial charge in [0.15, 0.2) is 0 Å². The number of hydrogen-bond acceptors (Lipinski definition) is 4. The van der Waals surface area contributed by atoms with Crippen LogP contribution in [0.25, 0.3) is 0 Å². The van der Waals surface area contributed by atoms with Gasteiger partial charge in [0.25, 0.3) is 5.91 Å². The molecule has 0 aromatic heterocycles. The summed E-state index contributed by atoms with van der Waals surface area (Å²) in [5, 5.41) is 2.84. The summed E-state index contributed by atoms with van der Waals surface area (Å²) in [4.78, 5) is 14.6. The van der Waals surface area contributed by atoms with E-state index in [9.17, 15) is 13.2 Å². The summed E-state index contributed by atoms with van der Waals surface area (Å²) < 4.78 is 26.7. The molecule has 0 aliphatic carbocycles. The summed E-state index contributed by atoms with van der Waals surface area (Å²) in [6.07, 6.45) is 2.26. The van der Waals surface area contributed by atoms with Gasteiger partial charge in [0.1, 0.15) is 0 Å². The van der Waals surface area contributed by atoms with Crippen LogP contribution in [0, 0.1) is 0 Å². The number of benzene rings is 2. The van der Waals surface area contributed by atoms with Crippen molar-refractivity contribution in [1.29, 1.82) is 0 Å². The lowest BCUT2D eigenvalue weighted by atomic mass is 10.2. The van der Waals surface area contributed by atoms with Crippen molar-refractivity contribution >= 4 is 15.9 Å². The molecule has 150 valence electrons. The monoisotopic (exact) mass is 401 g/mol. The van der Waals surface area contributed by atoms with Gasteiger partial charge in [-0.2, -0.15) is 0 Å². The molecule has 2 rings (SSSR count). The maximum Gasteiger partial charge on any atom is 0.251 e. The third kappa shape index (κ3) is 6.92. The predicted molar refractivity (Wildman–Crippen MR) is 112 cm³/mol. The molecule has 0 fully saturated rings. The van der Waals surface area contributed by atoms with Crippen molar-refractivity contribution in [3.8, 4) is 0 Å². The lowest BCUT2D eigenvalue weighted by Crippen LogP contribution is -2.28. The molecule has 0 saturated carbocycles. The van der Waals surface area contributed by atoms with E-state index in [1.54, 1.807) is 12.1 Å². The molecule has 0 spiro atoms. The number of sulfonamides is 1. The maximum absolute atomic E-state index is 12.3. The molecule has 2 aromatic carbocycles. The number of carbonyl (C=O) groups excluding carboxylic acids is 1. The van der Waals surface area contributed by atoms with Crippen molar-refractivity contribution in [1.82, 2.24) is 14.9 Å². The Bertz CT molecular complexity index is 883. The molecule has 0 heterocycles. The molecule has 0 aliphatic heterocycles. The third-order valence-corrected chi connectivity index (χ3v) is 5.54. The molecule has 6 nitrogen and oxygen atoms in total. The smallest absolute Gasteiger partial charge is 0.251 e. The normalized spacial score (nSPS) is 11.4. The van der Waals surface area contributed by atoms with Crippen molar-refractivity contribution < 1.29 is 13.2 Å². The summed E-state index contributed by atoms with van der Waals surface area (Å²) >= 11 is 0. The fraction of sp³-hybridized carbons (Fsp3) is 0.286. The van der Waals surface area contributed by atoms with Crippen LogP contribution >= 0.6 is 0 Å². The van der Waals surface area contributed by atoms with Gasteiger partial charge < -0.3 is 10.2 Å². The highest BCUT2D eigenvalue weighted by atomic mass is 32.2. The van der Waals surface area contributed by atoms with E-state index < -0.39 is 10.0 Å². The number of hydrogen-bond donors (Lipinski definition) is 2. The van der Waals surface area contributed by atoms with Crippen LogP contribution in [0.1, 0.15) is 22.3 Å². The lowest BCUT2D eigenvalue weighted by molar-refractivity contribution is 0.0951. The molecule has 0 radical (unpaired) electrons. The molecule has 0 bridgehead atoms. The summed E-state index contributed by atoms with van der Waals surface area (Å²) in [7, 11) is -1.61. The fourth-order valence-electron chi connectivity index (χ4n) is 2.68. The molecular formula is C21H27N3O3S. The molecular weight excluding hydrogens is 374 g/mol. The minimum atomic E-state index is -3.65. The van der Waals surface area contributed by atoms with E-state index in [-0.39, 0.29) is 17.3 Å². The second kappa shape index (κ2) is 10.8. The van der Waals surface area contributed by atoms with E-state index in [2.05, 4.69) is 33.7 Å². The van der Waals surface area contributed by atoms with Crippen LogP contribution in [0.5, 0.6) is 0 Å². The van der Waals surface area contributed by atoms with Gasteiger partial charge >= 0.3 is 0 Å². The zero-order valence-electron chi connectivity index (χ0n) is 16.1. The Labute approximate surface area is 167 Å². The van der Waals surface area contributed by atoms with E-state index in [0.717, 1.165) is 19.5 Å². The van der Waals surface area contributed by atoms with Gasteiger partial charge in [-0.25, -0.2) is 13.1 Å². The van der Waals surface area contributed by atoms with Gasteiger partial charge in [0.2, 0.25) is 10.0 Å². The minimum Gasteiger partial charge on any atom is -0.352 e. The highest BCUT2D eigenvalue weighted by Crippen LogP contribution is 2.11. The van der Waals surface area contributed by atoms with Crippen LogP contribution in [0.2, 0.25) is 0 Å². The largest absolute Gasteiger partial charge is 0.352 e. The number of amides is 1. The zero-order valence-corrected chi connectivity index (χ0v) is 16.9. The Morgan fingerprint density at radius 2 is 1.89 bits per heavy atom. The highest BCUT2D eigenvalue weighted by Gasteiger charge is 2.15. The second-order valence-corrected chi connectivity index (χ2v) is 8.27. The molecule has 2 aromatic rings. The van der Waals surface area contributed by atoms with Crippen LogP contribution in [-0.2, 0) is 16.6 Å². The fourth-order valence-corrected chi connectivity index (χ4v) is 3.73. The third-order valence-electron chi connectivity index (χ3n) is 4.12. The van der Waals surface area contributed by atoms with Crippen LogP contribution in [0.15, 0.2) is 72.1 Å². The molecule has 28 heavy (non-hydrogen) atoms. The first kappa shape index (κ1) is 21.8. The Morgan fingerprint density at radius 1 is 1.14 bits per heavy atom. The average molecular weight is 402 g/mol. The van der Waals surface area contributed by atoms with E-state index in [4.69, 9.17) is 0 Å². The maximum atomic E-state index is 12.3. The van der Waals surface area contributed by atoms with Crippen LogP contribution < -0.4 is 10.0 Å². The van der Waals surface area contributed by atoms with Crippen molar-refractivity contribution in [3.05, 3.63) is 78.4 Å². The lowest BCUT2D eigenvalue weighted by Gasteiger charge is -2.16. The van der Waals surface area contributed by atoms with Gasteiger partial charge in [-0.3, -0.25) is 4.79 Å². The van der Waals surface area contributed by atoms with Gasteiger partial charge in [-0.1, -0.05) is 42.5 Å². The highest BCUT2D eigenvalue weighted by molar-refractivity contribution is 7.89. The summed E-state index contributed by atoms with van der Waals surface area (Å²) in [6.45, 7) is 5.83. The average Bonchev–Trinajstić information content (AvgIpc) is 2.70. The number of nitrogens with one attached hydrogen (secondary N) is 2. The summed E-state index contributed by atoms with van der Waals surface area (Å²) in [6, 6.07) is 16.2. The first-order valence-corrected chi connectivity index (χ1v) is 10.6. The number of nitrogens with zero attached hydrogens (tertiary/aromatic N) is 1. The van der Waals surface area contributed by atoms with Gasteiger partial charge in [0, 0.05) is 25.2 Å². The Balaban J connectivity index is 1.81. The summed E-state index contributed by atoms with van der Waals surface area (Å²) in [5.41, 5.74) is 1.57. The Hall–Kier alpha value is -2.48. The van der Waals surface area contributed by atoms with Gasteiger partial charge in [-0.05, 0) is 43.8 Å². The first-order chi connectivity index (χ1) is 13.4. The minimum absolute atomic E-state index is 0.0598. The topological polar surface area (TPSA) is 78.5 Å². The molecule has 0 unspecified atom stereocenters. The second-order valence-electron chi connectivity index (χ2n) is 6.50. The van der Waals surface area contributed by atoms with Crippen LogP contribution in [0.4, 0.5) is 0 Å². The molecule has 0 aliphatic rings. The molecule has 1 amide bonds. The zero-order chi connectivity index (χ0) is 20.4. The van der Waals surface area contributed by atoms with Gasteiger partial charge in [-0.15, -0.1) is 6.58 Å². The standard InChI is InChI=1S/C21H27N3O3S/c1-3-13-23-28(26,27)20-12-7-11-19(16-20)21(25)22-14-8-15-24(2)17-18-9-5-4-6-10-18/h3-7,9-12,16,23H,1,8,13-15,17H2,2H3,(H,22,25). The number of rotatable bonds is 11. The van der Waals surface area contributed by atoms with Gasteiger partial charge in [0.05, 0.1) is 4.90 Å². The van der Waals surface area contributed by atoms with E-state index >= 15 is 0 Å². The first-order valence-electron chi connectivity index (χ1n) is 9.13. The predicted octanol–water partition coefficient (Wildman–Crippen LogP) is 2.40. The van der Waals surface area contributed by atoms with E-state index in [1.165, 1.54) is 23.8 Å². The molecule has 0 atom stereocenters. The van der Waals surface area contributed by atoms with Crippen molar-refractivity contribution in [2.75, 3.05) is 26.7 Å². The van der Waals surface area contributed by atoms with Crippen molar-refractivity contribution in [2.24, 2.45) is 0 Å².